The van der Waals surface area contributed by atoms with Gasteiger partial charge in [0.25, 0.3) is 0 Å². The second-order valence-corrected chi connectivity index (χ2v) is 5.27. The summed E-state index contributed by atoms with van der Waals surface area (Å²) in [6, 6.07) is 4.91. The largest absolute Gasteiger partial charge is 1.00 e. The predicted octanol–water partition coefficient (Wildman–Crippen LogP) is -1.28. The standard InChI is InChI=1S/C10H12ClN3O4S.K/c11-9-7-8(14-3-5-18-6-4-14)1-2-10(9)12-13-19(15,16)17;/h1-2,7H,3-6H2,(H,15,16,17);/q;+1/p-1. The van der Waals surface area contributed by atoms with Crippen LogP contribution in [0.25, 0.3) is 0 Å². The van der Waals surface area contributed by atoms with Gasteiger partial charge in [-0.05, 0) is 18.2 Å². The fraction of sp³-hybridized carbons (Fsp3) is 0.400. The quantitative estimate of drug-likeness (QED) is 0.387. The maximum atomic E-state index is 10.3. The average molecular weight is 344 g/mol. The van der Waals surface area contributed by atoms with Crippen molar-refractivity contribution >= 4 is 33.3 Å². The summed E-state index contributed by atoms with van der Waals surface area (Å²) < 4.78 is 38.9. The summed E-state index contributed by atoms with van der Waals surface area (Å²) in [5.74, 6) is 0. The second-order valence-electron chi connectivity index (χ2n) is 3.84. The van der Waals surface area contributed by atoms with E-state index in [0.717, 1.165) is 18.8 Å². The molecule has 0 saturated carbocycles. The van der Waals surface area contributed by atoms with E-state index in [0.29, 0.717) is 13.2 Å². The molecule has 1 saturated heterocycles. The number of nitrogens with zero attached hydrogens (tertiary/aromatic N) is 3. The van der Waals surface area contributed by atoms with Crippen molar-refractivity contribution in [1.82, 2.24) is 0 Å². The van der Waals surface area contributed by atoms with Crippen LogP contribution in [0.3, 0.4) is 0 Å². The molecule has 7 nitrogen and oxygen atoms in total. The number of benzene rings is 1. The first-order valence-electron chi connectivity index (χ1n) is 5.47. The van der Waals surface area contributed by atoms with Crippen molar-refractivity contribution in [2.45, 2.75) is 0 Å². The van der Waals surface area contributed by atoms with Gasteiger partial charge in [-0.2, -0.15) is 0 Å². The van der Waals surface area contributed by atoms with E-state index < -0.39 is 10.3 Å². The van der Waals surface area contributed by atoms with Crippen molar-refractivity contribution in [3.8, 4) is 0 Å². The minimum Gasteiger partial charge on any atom is -0.728 e. The molecule has 1 aromatic rings. The molecule has 104 valence electrons. The Morgan fingerprint density at radius 3 is 2.50 bits per heavy atom. The van der Waals surface area contributed by atoms with Gasteiger partial charge < -0.3 is 14.2 Å². The zero-order valence-electron chi connectivity index (χ0n) is 10.8. The maximum absolute atomic E-state index is 10.3. The normalized spacial score (nSPS) is 16.2. The van der Waals surface area contributed by atoms with Gasteiger partial charge >= 0.3 is 51.4 Å². The number of anilines is 1. The SMILES string of the molecule is O=S(=O)([O-])N=Nc1ccc(N2CCOCC2)cc1Cl.[K+]. The first kappa shape index (κ1) is 18.5. The van der Waals surface area contributed by atoms with E-state index in [1.54, 1.807) is 12.1 Å². The molecule has 2 rings (SSSR count). The molecule has 1 fully saturated rings. The van der Waals surface area contributed by atoms with Crippen molar-refractivity contribution in [2.75, 3.05) is 31.2 Å². The Morgan fingerprint density at radius 2 is 1.95 bits per heavy atom. The Balaban J connectivity index is 0.00000200. The van der Waals surface area contributed by atoms with E-state index in [-0.39, 0.29) is 62.1 Å². The van der Waals surface area contributed by atoms with Crippen LogP contribution in [0.2, 0.25) is 5.02 Å². The van der Waals surface area contributed by atoms with Gasteiger partial charge in [-0.1, -0.05) is 16.1 Å². The van der Waals surface area contributed by atoms with Crippen LogP contribution in [0.5, 0.6) is 0 Å². The van der Waals surface area contributed by atoms with Crippen molar-refractivity contribution in [2.24, 2.45) is 9.63 Å². The summed E-state index contributed by atoms with van der Waals surface area (Å²) in [6.45, 7) is 2.80. The number of rotatable bonds is 3. The van der Waals surface area contributed by atoms with Gasteiger partial charge in [0.1, 0.15) is 5.69 Å². The number of morpholine rings is 1. The monoisotopic (exact) mass is 343 g/mol. The van der Waals surface area contributed by atoms with E-state index in [4.69, 9.17) is 16.3 Å². The van der Waals surface area contributed by atoms with Crippen molar-refractivity contribution < 1.29 is 69.1 Å². The minimum atomic E-state index is -4.75. The van der Waals surface area contributed by atoms with E-state index >= 15 is 0 Å². The Morgan fingerprint density at radius 1 is 1.30 bits per heavy atom. The van der Waals surface area contributed by atoms with E-state index in [1.165, 1.54) is 6.07 Å². The van der Waals surface area contributed by atoms with Gasteiger partial charge in [0.15, 0.2) is 0 Å². The van der Waals surface area contributed by atoms with E-state index in [2.05, 4.69) is 14.5 Å². The van der Waals surface area contributed by atoms with Crippen LogP contribution in [0.1, 0.15) is 0 Å². The molecule has 10 heteroatoms. The zero-order valence-corrected chi connectivity index (χ0v) is 15.5. The Kier molecular flexibility index (Phi) is 7.53. The molecule has 0 bridgehead atoms. The van der Waals surface area contributed by atoms with Crippen LogP contribution in [0.4, 0.5) is 11.4 Å². The first-order chi connectivity index (χ1) is 8.96. The van der Waals surface area contributed by atoms with Crippen molar-refractivity contribution in [3.63, 3.8) is 0 Å². The molecule has 20 heavy (non-hydrogen) atoms. The molecule has 1 heterocycles. The Labute approximate surface area is 164 Å². The van der Waals surface area contributed by atoms with E-state index in [1.807, 2.05) is 0 Å². The summed E-state index contributed by atoms with van der Waals surface area (Å²) in [5.41, 5.74) is 1.02. The van der Waals surface area contributed by atoms with Crippen LogP contribution >= 0.6 is 11.6 Å². The number of ether oxygens (including phenoxy) is 1. The molecule has 0 N–H and O–H groups in total. The van der Waals surface area contributed by atoms with Crippen molar-refractivity contribution in [1.29, 1.82) is 0 Å². The predicted molar refractivity (Wildman–Crippen MR) is 68.7 cm³/mol. The molecule has 0 atom stereocenters. The molecule has 1 aromatic carbocycles. The van der Waals surface area contributed by atoms with Gasteiger partial charge in [0.05, 0.1) is 18.2 Å². The van der Waals surface area contributed by atoms with Crippen LogP contribution in [-0.2, 0) is 15.0 Å². The molecular weight excluding hydrogens is 333 g/mol. The summed E-state index contributed by atoms with van der Waals surface area (Å²) >= 11 is 5.97. The fourth-order valence-corrected chi connectivity index (χ4v) is 2.09. The van der Waals surface area contributed by atoms with Crippen LogP contribution in [0, 0.1) is 0 Å². The first-order valence-corrected chi connectivity index (χ1v) is 7.21. The second kappa shape index (κ2) is 8.16. The summed E-state index contributed by atoms with van der Waals surface area (Å²) in [5, 5.41) is 3.55. The van der Waals surface area contributed by atoms with Gasteiger partial charge in [-0.3, -0.25) is 0 Å². The third-order valence-electron chi connectivity index (χ3n) is 2.56. The molecular formula is C10H11ClKN3O4S. The molecule has 0 aromatic heterocycles. The summed E-state index contributed by atoms with van der Waals surface area (Å²) in [4.78, 5) is 2.08. The van der Waals surface area contributed by atoms with Crippen molar-refractivity contribution in [3.05, 3.63) is 23.2 Å². The number of hydrogen-bond donors (Lipinski definition) is 0. The van der Waals surface area contributed by atoms with Gasteiger partial charge in [0.2, 0.25) is 10.3 Å². The van der Waals surface area contributed by atoms with Gasteiger partial charge in [0, 0.05) is 18.8 Å². The van der Waals surface area contributed by atoms with E-state index in [9.17, 15) is 13.0 Å². The number of halogens is 1. The molecule has 0 spiro atoms. The maximum Gasteiger partial charge on any atom is 1.00 e. The molecule has 0 aliphatic carbocycles. The summed E-state index contributed by atoms with van der Waals surface area (Å²) in [6.07, 6.45) is 0. The third-order valence-corrected chi connectivity index (χ3v) is 3.14. The third kappa shape index (κ3) is 5.66. The van der Waals surface area contributed by atoms with Crippen LogP contribution < -0.4 is 56.3 Å². The molecule has 0 radical (unpaired) electrons. The number of hydrogen-bond acceptors (Lipinski definition) is 6. The Bertz CT molecular complexity index is 590. The molecule has 0 amide bonds. The van der Waals surface area contributed by atoms with Crippen LogP contribution in [-0.4, -0.2) is 39.3 Å². The molecule has 1 aliphatic rings. The fourth-order valence-electron chi connectivity index (χ4n) is 1.69. The summed E-state index contributed by atoms with van der Waals surface area (Å²) in [7, 11) is -4.75. The smallest absolute Gasteiger partial charge is 0.728 e. The topological polar surface area (TPSA) is 94.4 Å². The average Bonchev–Trinajstić information content (AvgIpc) is 2.37. The van der Waals surface area contributed by atoms with Gasteiger partial charge in [-0.15, -0.1) is 5.11 Å². The zero-order chi connectivity index (χ0) is 13.9. The molecule has 1 aliphatic heterocycles. The Hall–Kier alpha value is 0.416. The van der Waals surface area contributed by atoms with Gasteiger partial charge in [-0.25, -0.2) is 8.42 Å². The van der Waals surface area contributed by atoms with Crippen LogP contribution in [0.15, 0.2) is 27.8 Å². The molecule has 0 unspecified atom stereocenters. The minimum absolute atomic E-state index is 0.